The second kappa shape index (κ2) is 9.06. The van der Waals surface area contributed by atoms with Crippen LogP contribution in [-0.2, 0) is 11.2 Å². The summed E-state index contributed by atoms with van der Waals surface area (Å²) in [5.41, 5.74) is 2.31. The van der Waals surface area contributed by atoms with Crippen LogP contribution in [0.2, 0.25) is 5.02 Å². The van der Waals surface area contributed by atoms with E-state index in [1.165, 1.54) is 0 Å². The van der Waals surface area contributed by atoms with E-state index in [4.69, 9.17) is 11.6 Å². The van der Waals surface area contributed by atoms with Crippen molar-refractivity contribution in [2.45, 2.75) is 19.4 Å². The molecule has 0 aliphatic rings. The molecule has 0 aliphatic heterocycles. The molecule has 0 fully saturated rings. The molecule has 2 aromatic carbocycles. The molecule has 0 bridgehead atoms. The minimum Gasteiger partial charge on any atom is -0.355 e. The van der Waals surface area contributed by atoms with Gasteiger partial charge in [-0.3, -0.25) is 4.79 Å². The van der Waals surface area contributed by atoms with E-state index in [1.807, 2.05) is 55.5 Å². The number of amides is 1. The summed E-state index contributed by atoms with van der Waals surface area (Å²) < 4.78 is 1.05. The fraction of sp³-hybridized carbons (Fsp3) is 0.278. The molecule has 2 rings (SSSR count). The summed E-state index contributed by atoms with van der Waals surface area (Å²) >= 11 is 9.26. The van der Waals surface area contributed by atoms with Gasteiger partial charge in [0.1, 0.15) is 0 Å². The van der Waals surface area contributed by atoms with Gasteiger partial charge in [0.25, 0.3) is 0 Å². The van der Waals surface area contributed by atoms with Crippen molar-refractivity contribution < 1.29 is 4.79 Å². The lowest BCUT2D eigenvalue weighted by Crippen LogP contribution is -2.36. The Morgan fingerprint density at radius 1 is 1.13 bits per heavy atom. The highest BCUT2D eigenvalue weighted by Crippen LogP contribution is 2.16. The number of benzene rings is 2. The van der Waals surface area contributed by atoms with Crippen molar-refractivity contribution in [3.05, 3.63) is 69.2 Å². The molecule has 0 spiro atoms. The molecule has 0 aliphatic carbocycles. The van der Waals surface area contributed by atoms with Gasteiger partial charge in [-0.2, -0.15) is 0 Å². The molecule has 0 saturated heterocycles. The molecule has 0 radical (unpaired) electrons. The number of carbonyl (C=O) groups excluding carboxylic acids is 1. The average molecular weight is 396 g/mol. The number of rotatable bonds is 7. The van der Waals surface area contributed by atoms with Gasteiger partial charge in [0.05, 0.1) is 6.54 Å². The molecule has 0 heterocycles. The van der Waals surface area contributed by atoms with Crippen LogP contribution in [0.1, 0.15) is 24.1 Å². The topological polar surface area (TPSA) is 41.1 Å². The molecule has 5 heteroatoms. The van der Waals surface area contributed by atoms with Gasteiger partial charge in [0.15, 0.2) is 0 Å². The van der Waals surface area contributed by atoms with Crippen molar-refractivity contribution in [3.63, 3.8) is 0 Å². The maximum absolute atomic E-state index is 11.9. The Bertz CT molecular complexity index is 628. The van der Waals surface area contributed by atoms with E-state index in [-0.39, 0.29) is 11.9 Å². The first-order valence-corrected chi connectivity index (χ1v) is 8.71. The van der Waals surface area contributed by atoms with E-state index >= 15 is 0 Å². The highest BCUT2D eigenvalue weighted by Gasteiger charge is 2.07. The van der Waals surface area contributed by atoms with E-state index in [9.17, 15) is 4.79 Å². The molecule has 23 heavy (non-hydrogen) atoms. The van der Waals surface area contributed by atoms with Gasteiger partial charge in [-0.25, -0.2) is 0 Å². The van der Waals surface area contributed by atoms with Gasteiger partial charge in [-0.1, -0.05) is 51.8 Å². The third kappa shape index (κ3) is 6.34. The van der Waals surface area contributed by atoms with Crippen molar-refractivity contribution in [2.75, 3.05) is 13.1 Å². The molecule has 0 unspecified atom stereocenters. The Labute approximate surface area is 150 Å². The number of hydrogen-bond donors (Lipinski definition) is 2. The number of halogens is 2. The standard InChI is InChI=1S/C18H20BrClN2O/c1-13(15-4-6-16(19)7-5-15)22-12-18(23)21-11-10-14-2-8-17(20)9-3-14/h2-9,13,22H,10-12H2,1H3,(H,21,23)/t13-/m0/s1. The summed E-state index contributed by atoms with van der Waals surface area (Å²) in [4.78, 5) is 11.9. The monoisotopic (exact) mass is 394 g/mol. The smallest absolute Gasteiger partial charge is 0.233 e. The predicted octanol–water partition coefficient (Wildman–Crippen LogP) is 4.11. The maximum Gasteiger partial charge on any atom is 0.233 e. The fourth-order valence-corrected chi connectivity index (χ4v) is 2.57. The van der Waals surface area contributed by atoms with Crippen LogP contribution in [0.25, 0.3) is 0 Å². The minimum absolute atomic E-state index is 0.00271. The van der Waals surface area contributed by atoms with Gasteiger partial charge < -0.3 is 10.6 Å². The normalized spacial score (nSPS) is 12.0. The Morgan fingerprint density at radius 2 is 1.78 bits per heavy atom. The van der Waals surface area contributed by atoms with Crippen LogP contribution in [0.4, 0.5) is 0 Å². The van der Waals surface area contributed by atoms with Gasteiger partial charge in [-0.15, -0.1) is 0 Å². The highest BCUT2D eigenvalue weighted by atomic mass is 79.9. The molecule has 0 aromatic heterocycles. The first-order valence-electron chi connectivity index (χ1n) is 7.54. The van der Waals surface area contributed by atoms with E-state index in [0.717, 1.165) is 27.0 Å². The van der Waals surface area contributed by atoms with E-state index in [1.54, 1.807) is 0 Å². The van der Waals surface area contributed by atoms with Gasteiger partial charge in [-0.05, 0) is 48.7 Å². The van der Waals surface area contributed by atoms with E-state index in [0.29, 0.717) is 13.1 Å². The zero-order valence-corrected chi connectivity index (χ0v) is 15.3. The first-order chi connectivity index (χ1) is 11.0. The summed E-state index contributed by atoms with van der Waals surface area (Å²) in [6.45, 7) is 2.97. The summed E-state index contributed by atoms with van der Waals surface area (Å²) in [5.74, 6) is 0.00271. The minimum atomic E-state index is 0.00271. The van der Waals surface area contributed by atoms with Crippen LogP contribution in [0, 0.1) is 0 Å². The van der Waals surface area contributed by atoms with Gasteiger partial charge in [0.2, 0.25) is 5.91 Å². The quantitative estimate of drug-likeness (QED) is 0.740. The number of carbonyl (C=O) groups is 1. The molecule has 122 valence electrons. The summed E-state index contributed by atoms with van der Waals surface area (Å²) in [7, 11) is 0. The first kappa shape index (κ1) is 18.0. The van der Waals surface area contributed by atoms with Crippen molar-refractivity contribution >= 4 is 33.4 Å². The Balaban J connectivity index is 1.68. The molecule has 2 aromatic rings. The number of nitrogens with one attached hydrogen (secondary N) is 2. The Hall–Kier alpha value is -1.36. The lowest BCUT2D eigenvalue weighted by molar-refractivity contribution is -0.120. The maximum atomic E-state index is 11.9. The average Bonchev–Trinajstić information content (AvgIpc) is 2.55. The van der Waals surface area contributed by atoms with Crippen LogP contribution in [-0.4, -0.2) is 19.0 Å². The zero-order chi connectivity index (χ0) is 16.7. The van der Waals surface area contributed by atoms with Crippen LogP contribution in [0.3, 0.4) is 0 Å². The van der Waals surface area contributed by atoms with Crippen LogP contribution in [0.5, 0.6) is 0 Å². The summed E-state index contributed by atoms with van der Waals surface area (Å²) in [5, 5.41) is 6.88. The second-order valence-corrected chi connectivity index (χ2v) is 6.73. The van der Waals surface area contributed by atoms with Crippen molar-refractivity contribution in [3.8, 4) is 0 Å². The van der Waals surface area contributed by atoms with E-state index in [2.05, 4.69) is 26.6 Å². The van der Waals surface area contributed by atoms with Crippen LogP contribution in [0.15, 0.2) is 53.0 Å². The second-order valence-electron chi connectivity index (χ2n) is 5.38. The van der Waals surface area contributed by atoms with Crippen molar-refractivity contribution in [2.24, 2.45) is 0 Å². The zero-order valence-electron chi connectivity index (χ0n) is 13.0. The predicted molar refractivity (Wildman–Crippen MR) is 98.7 cm³/mol. The summed E-state index contributed by atoms with van der Waals surface area (Å²) in [6, 6.07) is 15.9. The molecule has 1 amide bonds. The highest BCUT2D eigenvalue weighted by molar-refractivity contribution is 9.10. The SMILES string of the molecule is C[C@H](NCC(=O)NCCc1ccc(Cl)cc1)c1ccc(Br)cc1. The van der Waals surface area contributed by atoms with E-state index < -0.39 is 0 Å². The van der Waals surface area contributed by atoms with Gasteiger partial charge >= 0.3 is 0 Å². The fourth-order valence-electron chi connectivity index (χ4n) is 2.17. The number of hydrogen-bond acceptors (Lipinski definition) is 2. The molecule has 0 saturated carbocycles. The Morgan fingerprint density at radius 3 is 2.43 bits per heavy atom. The molecular formula is C18H20BrClN2O. The molecule has 3 nitrogen and oxygen atoms in total. The Kier molecular flexibility index (Phi) is 7.09. The lowest BCUT2D eigenvalue weighted by Gasteiger charge is -2.14. The lowest BCUT2D eigenvalue weighted by atomic mass is 10.1. The van der Waals surface area contributed by atoms with Crippen LogP contribution >= 0.6 is 27.5 Å². The molecule has 1 atom stereocenters. The summed E-state index contributed by atoms with van der Waals surface area (Å²) in [6.07, 6.45) is 0.797. The van der Waals surface area contributed by atoms with Crippen molar-refractivity contribution in [1.82, 2.24) is 10.6 Å². The molecular weight excluding hydrogens is 376 g/mol. The van der Waals surface area contributed by atoms with Crippen molar-refractivity contribution in [1.29, 1.82) is 0 Å². The third-order valence-electron chi connectivity index (χ3n) is 3.59. The molecule has 2 N–H and O–H groups in total. The van der Waals surface area contributed by atoms with Crippen LogP contribution < -0.4 is 10.6 Å². The van der Waals surface area contributed by atoms with Gasteiger partial charge in [0, 0.05) is 22.1 Å². The largest absolute Gasteiger partial charge is 0.355 e. The third-order valence-corrected chi connectivity index (χ3v) is 4.37.